The molecule has 5 aromatic rings. The lowest BCUT2D eigenvalue weighted by molar-refractivity contribution is -0.115. The van der Waals surface area contributed by atoms with Crippen molar-refractivity contribution in [3.63, 3.8) is 0 Å². The quantitative estimate of drug-likeness (QED) is 0.432. The van der Waals surface area contributed by atoms with Gasteiger partial charge in [0.1, 0.15) is 5.75 Å². The van der Waals surface area contributed by atoms with Crippen LogP contribution in [0.3, 0.4) is 0 Å². The second kappa shape index (κ2) is 8.88. The maximum atomic E-state index is 12.5. The Bertz CT molecular complexity index is 1410. The second-order valence-corrected chi connectivity index (χ2v) is 7.40. The van der Waals surface area contributed by atoms with Crippen molar-refractivity contribution in [1.29, 1.82) is 0 Å². The number of carbonyl (C=O) groups excluding carboxylic acids is 1. The van der Waals surface area contributed by atoms with Crippen molar-refractivity contribution in [1.82, 2.24) is 24.8 Å². The molecule has 0 spiro atoms. The molecule has 2 aromatic carbocycles. The van der Waals surface area contributed by atoms with Gasteiger partial charge in [0.25, 0.3) is 0 Å². The van der Waals surface area contributed by atoms with Crippen molar-refractivity contribution in [2.75, 3.05) is 12.4 Å². The monoisotopic (exact) mass is 436 g/mol. The zero-order valence-electron chi connectivity index (χ0n) is 17.8. The predicted molar refractivity (Wildman–Crippen MR) is 125 cm³/mol. The maximum Gasteiger partial charge on any atom is 0.228 e. The third kappa shape index (κ3) is 4.40. The smallest absolute Gasteiger partial charge is 0.228 e. The molecule has 0 radical (unpaired) electrons. The predicted octanol–water partition coefficient (Wildman–Crippen LogP) is 4.04. The summed E-state index contributed by atoms with van der Waals surface area (Å²) in [5.74, 6) is 1.30. The molecule has 0 aliphatic rings. The molecule has 0 unspecified atom stereocenters. The van der Waals surface area contributed by atoms with Crippen molar-refractivity contribution < 1.29 is 9.53 Å². The Morgan fingerprint density at radius 2 is 1.76 bits per heavy atom. The van der Waals surface area contributed by atoms with Crippen LogP contribution in [0.4, 0.5) is 5.69 Å². The van der Waals surface area contributed by atoms with Crippen LogP contribution in [0.1, 0.15) is 5.56 Å². The minimum atomic E-state index is -0.0977. The number of hydrogen-bond acceptors (Lipinski definition) is 6. The summed E-state index contributed by atoms with van der Waals surface area (Å²) < 4.78 is 6.87. The van der Waals surface area contributed by atoms with Crippen molar-refractivity contribution in [3.05, 3.63) is 90.8 Å². The summed E-state index contributed by atoms with van der Waals surface area (Å²) in [5.41, 5.74) is 4.74. The Balaban J connectivity index is 1.37. The number of methoxy groups -OCH3 is 1. The van der Waals surface area contributed by atoms with Gasteiger partial charge in [0.15, 0.2) is 11.5 Å². The maximum absolute atomic E-state index is 12.5. The lowest BCUT2D eigenvalue weighted by Crippen LogP contribution is -2.14. The molecular formula is C25H20N6O2. The molecule has 8 heteroatoms. The van der Waals surface area contributed by atoms with Gasteiger partial charge in [-0.15, -0.1) is 10.2 Å². The number of benzene rings is 2. The number of pyridine rings is 1. The summed E-state index contributed by atoms with van der Waals surface area (Å²) in [5, 5.41) is 16.2. The van der Waals surface area contributed by atoms with Gasteiger partial charge in [-0.3, -0.25) is 9.78 Å². The third-order valence-corrected chi connectivity index (χ3v) is 5.17. The molecular weight excluding hydrogens is 416 g/mol. The van der Waals surface area contributed by atoms with Gasteiger partial charge >= 0.3 is 0 Å². The molecule has 0 saturated heterocycles. The molecule has 162 valence electrons. The normalized spacial score (nSPS) is 10.8. The zero-order valence-corrected chi connectivity index (χ0v) is 17.8. The fourth-order valence-corrected chi connectivity index (χ4v) is 3.51. The number of carbonyl (C=O) groups is 1. The van der Waals surface area contributed by atoms with Gasteiger partial charge in [0, 0.05) is 29.2 Å². The highest BCUT2D eigenvalue weighted by Gasteiger charge is 2.11. The molecule has 1 amide bonds. The van der Waals surface area contributed by atoms with Crippen LogP contribution >= 0.6 is 0 Å². The Hall–Kier alpha value is -4.59. The van der Waals surface area contributed by atoms with E-state index < -0.39 is 0 Å². The molecule has 0 aliphatic carbocycles. The number of amides is 1. The number of fused-ring (bicyclic) bond motifs is 1. The summed E-state index contributed by atoms with van der Waals surface area (Å²) in [6, 6.07) is 22.5. The SMILES string of the molecule is COc1ccc(CC(=O)Nc2cccc(-c3ccc4nnc(-c5ccncc5)n4n3)c2)cc1. The molecule has 8 nitrogen and oxygen atoms in total. The van der Waals surface area contributed by atoms with Crippen LogP contribution in [0.2, 0.25) is 0 Å². The van der Waals surface area contributed by atoms with E-state index in [0.717, 1.165) is 28.1 Å². The van der Waals surface area contributed by atoms with E-state index >= 15 is 0 Å². The number of nitrogens with one attached hydrogen (secondary N) is 1. The summed E-state index contributed by atoms with van der Waals surface area (Å²) in [7, 11) is 1.62. The lowest BCUT2D eigenvalue weighted by atomic mass is 10.1. The van der Waals surface area contributed by atoms with Gasteiger partial charge in [-0.1, -0.05) is 24.3 Å². The first-order valence-electron chi connectivity index (χ1n) is 10.4. The molecule has 3 aromatic heterocycles. The molecule has 33 heavy (non-hydrogen) atoms. The van der Waals surface area contributed by atoms with E-state index in [2.05, 4.69) is 20.5 Å². The Labute approximate surface area is 189 Å². The van der Waals surface area contributed by atoms with Crippen molar-refractivity contribution >= 4 is 17.2 Å². The standard InChI is InChI=1S/C25H20N6O2/c1-33-21-7-5-17(6-8-21)15-24(32)27-20-4-2-3-19(16-20)22-9-10-23-28-29-25(31(23)30-22)18-11-13-26-14-12-18/h2-14,16H,15H2,1H3,(H,27,32). The zero-order chi connectivity index (χ0) is 22.6. The lowest BCUT2D eigenvalue weighted by Gasteiger charge is -2.08. The second-order valence-electron chi connectivity index (χ2n) is 7.40. The van der Waals surface area contributed by atoms with E-state index in [9.17, 15) is 4.79 Å². The Kier molecular flexibility index (Phi) is 5.47. The average Bonchev–Trinajstić information content (AvgIpc) is 3.28. The van der Waals surface area contributed by atoms with Crippen molar-refractivity contribution in [2.45, 2.75) is 6.42 Å². The molecule has 0 bridgehead atoms. The largest absolute Gasteiger partial charge is 0.497 e. The Morgan fingerprint density at radius 1 is 0.939 bits per heavy atom. The molecule has 3 heterocycles. The molecule has 5 rings (SSSR count). The number of anilines is 1. The fraction of sp³-hybridized carbons (Fsp3) is 0.0800. The summed E-state index contributed by atoms with van der Waals surface area (Å²) in [6.45, 7) is 0. The van der Waals surface area contributed by atoms with Crippen molar-refractivity contribution in [3.8, 4) is 28.4 Å². The van der Waals surface area contributed by atoms with Crippen LogP contribution in [0.15, 0.2) is 85.2 Å². The van der Waals surface area contributed by atoms with Gasteiger partial charge in [-0.2, -0.15) is 9.61 Å². The molecule has 0 atom stereocenters. The Morgan fingerprint density at radius 3 is 2.55 bits per heavy atom. The molecule has 0 aliphatic heterocycles. The van der Waals surface area contributed by atoms with Crippen LogP contribution < -0.4 is 10.1 Å². The molecule has 1 N–H and O–H groups in total. The number of aromatic nitrogens is 5. The molecule has 0 fully saturated rings. The van der Waals surface area contributed by atoms with E-state index in [1.165, 1.54) is 0 Å². The van der Waals surface area contributed by atoms with Crippen molar-refractivity contribution in [2.24, 2.45) is 0 Å². The van der Waals surface area contributed by atoms with Gasteiger partial charge in [-0.25, -0.2) is 0 Å². The van der Waals surface area contributed by atoms with Gasteiger partial charge in [0.2, 0.25) is 5.91 Å². The average molecular weight is 436 g/mol. The number of nitrogens with zero attached hydrogens (tertiary/aromatic N) is 5. The highest BCUT2D eigenvalue weighted by Crippen LogP contribution is 2.23. The van der Waals surface area contributed by atoms with E-state index in [4.69, 9.17) is 9.84 Å². The van der Waals surface area contributed by atoms with Crippen LogP contribution in [0.25, 0.3) is 28.3 Å². The van der Waals surface area contributed by atoms with E-state index in [1.807, 2.05) is 72.8 Å². The van der Waals surface area contributed by atoms with Crippen LogP contribution in [0.5, 0.6) is 5.75 Å². The topological polar surface area (TPSA) is 94.3 Å². The van der Waals surface area contributed by atoms with Gasteiger partial charge < -0.3 is 10.1 Å². The van der Waals surface area contributed by atoms with E-state index in [1.54, 1.807) is 24.0 Å². The summed E-state index contributed by atoms with van der Waals surface area (Å²) in [4.78, 5) is 16.6. The summed E-state index contributed by atoms with van der Waals surface area (Å²) >= 11 is 0. The third-order valence-electron chi connectivity index (χ3n) is 5.17. The van der Waals surface area contributed by atoms with E-state index in [-0.39, 0.29) is 12.3 Å². The highest BCUT2D eigenvalue weighted by molar-refractivity contribution is 5.92. The summed E-state index contributed by atoms with van der Waals surface area (Å²) in [6.07, 6.45) is 3.69. The van der Waals surface area contributed by atoms with E-state index in [0.29, 0.717) is 17.2 Å². The first-order chi connectivity index (χ1) is 16.2. The minimum absolute atomic E-state index is 0.0977. The van der Waals surface area contributed by atoms with Crippen LogP contribution in [-0.2, 0) is 11.2 Å². The first kappa shape index (κ1) is 20.3. The number of hydrogen-bond donors (Lipinski definition) is 1. The fourth-order valence-electron chi connectivity index (χ4n) is 3.51. The van der Waals surface area contributed by atoms with Crippen LogP contribution in [-0.4, -0.2) is 37.8 Å². The number of ether oxygens (including phenoxy) is 1. The highest BCUT2D eigenvalue weighted by atomic mass is 16.5. The first-order valence-corrected chi connectivity index (χ1v) is 10.4. The number of rotatable bonds is 6. The minimum Gasteiger partial charge on any atom is -0.497 e. The van der Waals surface area contributed by atoms with Gasteiger partial charge in [0.05, 0.1) is 19.2 Å². The molecule has 0 saturated carbocycles. The van der Waals surface area contributed by atoms with Crippen LogP contribution in [0, 0.1) is 0 Å². The van der Waals surface area contributed by atoms with Gasteiger partial charge in [-0.05, 0) is 54.1 Å².